The molecule has 2 aromatic rings. The molecular formula is C13H10ClNO4. The molecule has 0 bridgehead atoms. The molecule has 0 fully saturated rings. The first-order chi connectivity index (χ1) is 9.09. The normalized spacial score (nSPS) is 10.2. The van der Waals surface area contributed by atoms with Gasteiger partial charge in [-0.2, -0.15) is 0 Å². The lowest BCUT2D eigenvalue weighted by atomic mass is 10.2. The molecule has 0 atom stereocenters. The van der Waals surface area contributed by atoms with Crippen LogP contribution in [0.4, 0.5) is 5.69 Å². The van der Waals surface area contributed by atoms with Gasteiger partial charge in [0.25, 0.3) is 5.69 Å². The first-order valence-corrected chi connectivity index (χ1v) is 5.80. The quantitative estimate of drug-likeness (QED) is 0.686. The predicted molar refractivity (Wildman–Crippen MR) is 70.5 cm³/mol. The van der Waals surface area contributed by atoms with E-state index in [1.54, 1.807) is 24.3 Å². The average molecular weight is 280 g/mol. The molecule has 2 aromatic carbocycles. The molecule has 0 aliphatic carbocycles. The number of nitro benzene ring substituents is 1. The molecule has 0 aliphatic rings. The third kappa shape index (κ3) is 2.95. The van der Waals surface area contributed by atoms with Gasteiger partial charge < -0.3 is 9.84 Å². The molecule has 0 unspecified atom stereocenters. The van der Waals surface area contributed by atoms with Crippen LogP contribution >= 0.6 is 11.6 Å². The van der Waals surface area contributed by atoms with Crippen molar-refractivity contribution in [3.8, 4) is 11.5 Å². The lowest BCUT2D eigenvalue weighted by Gasteiger charge is -2.09. The van der Waals surface area contributed by atoms with Crippen molar-refractivity contribution < 1.29 is 14.8 Å². The summed E-state index contributed by atoms with van der Waals surface area (Å²) >= 11 is 5.93. The fourth-order valence-corrected chi connectivity index (χ4v) is 1.81. The Labute approximate surface area is 114 Å². The van der Waals surface area contributed by atoms with Crippen molar-refractivity contribution in [1.29, 1.82) is 0 Å². The van der Waals surface area contributed by atoms with Crippen molar-refractivity contribution >= 4 is 17.3 Å². The van der Waals surface area contributed by atoms with E-state index in [4.69, 9.17) is 16.3 Å². The second-order valence-electron chi connectivity index (χ2n) is 3.75. The topological polar surface area (TPSA) is 72.6 Å². The Kier molecular flexibility index (Phi) is 3.87. The summed E-state index contributed by atoms with van der Waals surface area (Å²) in [6, 6.07) is 10.8. The van der Waals surface area contributed by atoms with Crippen LogP contribution in [-0.2, 0) is 6.61 Å². The van der Waals surface area contributed by atoms with Crippen molar-refractivity contribution in [1.82, 2.24) is 0 Å². The molecule has 6 heteroatoms. The number of para-hydroxylation sites is 2. The molecule has 0 heterocycles. The number of phenols is 1. The van der Waals surface area contributed by atoms with Gasteiger partial charge in [0.05, 0.1) is 15.5 Å². The number of phenolic OH excluding ortho intramolecular Hbond substituents is 1. The highest BCUT2D eigenvalue weighted by molar-refractivity contribution is 6.31. The second kappa shape index (κ2) is 5.58. The van der Waals surface area contributed by atoms with E-state index >= 15 is 0 Å². The maximum atomic E-state index is 10.9. The van der Waals surface area contributed by atoms with Gasteiger partial charge in [0.1, 0.15) is 6.61 Å². The van der Waals surface area contributed by atoms with Crippen LogP contribution in [0.1, 0.15) is 5.56 Å². The molecule has 0 saturated heterocycles. The molecule has 0 saturated carbocycles. The number of hydrogen-bond donors (Lipinski definition) is 1. The summed E-state index contributed by atoms with van der Waals surface area (Å²) in [6.45, 7) is -0.0897. The van der Waals surface area contributed by atoms with Crippen LogP contribution in [0.3, 0.4) is 0 Å². The van der Waals surface area contributed by atoms with Gasteiger partial charge in [0.15, 0.2) is 11.5 Å². The minimum absolute atomic E-state index is 0.0304. The van der Waals surface area contributed by atoms with Gasteiger partial charge in [-0.25, -0.2) is 0 Å². The summed E-state index contributed by atoms with van der Waals surface area (Å²) in [5.41, 5.74) is 0.167. The highest BCUT2D eigenvalue weighted by atomic mass is 35.5. The lowest BCUT2D eigenvalue weighted by molar-refractivity contribution is -0.385. The first-order valence-electron chi connectivity index (χ1n) is 5.42. The molecular weight excluding hydrogens is 270 g/mol. The Balaban J connectivity index is 2.25. The van der Waals surface area contributed by atoms with Crippen LogP contribution in [0.15, 0.2) is 42.5 Å². The SMILES string of the molecule is O=[N+]([O-])c1cccc(Cl)c1COc1ccccc1O. The zero-order chi connectivity index (χ0) is 13.8. The number of rotatable bonds is 4. The number of aromatic hydroxyl groups is 1. The number of hydrogen-bond acceptors (Lipinski definition) is 4. The van der Waals surface area contributed by atoms with Gasteiger partial charge in [-0.05, 0) is 18.2 Å². The van der Waals surface area contributed by atoms with Gasteiger partial charge in [0.2, 0.25) is 0 Å². The third-order valence-corrected chi connectivity index (χ3v) is 2.88. The third-order valence-electron chi connectivity index (χ3n) is 2.53. The van der Waals surface area contributed by atoms with Gasteiger partial charge in [0, 0.05) is 6.07 Å². The Morgan fingerprint density at radius 1 is 1.21 bits per heavy atom. The van der Waals surface area contributed by atoms with E-state index in [-0.39, 0.29) is 34.4 Å². The molecule has 1 N–H and O–H groups in total. The van der Waals surface area contributed by atoms with Crippen molar-refractivity contribution in [3.05, 3.63) is 63.2 Å². The largest absolute Gasteiger partial charge is 0.504 e. The monoisotopic (exact) mass is 279 g/mol. The minimum Gasteiger partial charge on any atom is -0.504 e. The maximum Gasteiger partial charge on any atom is 0.277 e. The van der Waals surface area contributed by atoms with E-state index < -0.39 is 4.92 Å². The van der Waals surface area contributed by atoms with Crippen molar-refractivity contribution in [2.75, 3.05) is 0 Å². The Hall–Kier alpha value is -2.27. The number of nitro groups is 1. The fourth-order valence-electron chi connectivity index (χ4n) is 1.59. The zero-order valence-electron chi connectivity index (χ0n) is 9.75. The Morgan fingerprint density at radius 3 is 2.63 bits per heavy atom. The van der Waals surface area contributed by atoms with E-state index in [2.05, 4.69) is 0 Å². The Bertz CT molecular complexity index is 615. The fraction of sp³-hybridized carbons (Fsp3) is 0.0769. The summed E-state index contributed by atoms with van der Waals surface area (Å²) in [5, 5.41) is 20.7. The van der Waals surface area contributed by atoms with E-state index in [0.29, 0.717) is 0 Å². The molecule has 0 amide bonds. The standard InChI is InChI=1S/C13H10ClNO4/c14-10-4-3-5-11(15(17)18)9(10)8-19-13-7-2-1-6-12(13)16/h1-7,16H,8H2. The predicted octanol–water partition coefficient (Wildman–Crippen LogP) is 3.53. The van der Waals surface area contributed by atoms with E-state index in [9.17, 15) is 15.2 Å². The lowest BCUT2D eigenvalue weighted by Crippen LogP contribution is -2.01. The Morgan fingerprint density at radius 2 is 1.95 bits per heavy atom. The van der Waals surface area contributed by atoms with Crippen LogP contribution in [0, 0.1) is 10.1 Å². The van der Waals surface area contributed by atoms with Crippen LogP contribution in [0.2, 0.25) is 5.02 Å². The van der Waals surface area contributed by atoms with Crippen LogP contribution in [-0.4, -0.2) is 10.0 Å². The zero-order valence-corrected chi connectivity index (χ0v) is 10.5. The van der Waals surface area contributed by atoms with Gasteiger partial charge >= 0.3 is 0 Å². The molecule has 0 radical (unpaired) electrons. The van der Waals surface area contributed by atoms with Gasteiger partial charge in [-0.1, -0.05) is 29.8 Å². The van der Waals surface area contributed by atoms with Crippen LogP contribution < -0.4 is 4.74 Å². The molecule has 0 aliphatic heterocycles. The number of halogens is 1. The molecule has 0 aromatic heterocycles. The smallest absolute Gasteiger partial charge is 0.277 e. The van der Waals surface area contributed by atoms with Crippen molar-refractivity contribution in [3.63, 3.8) is 0 Å². The van der Waals surface area contributed by atoms with Crippen LogP contribution in [0.5, 0.6) is 11.5 Å². The number of ether oxygens (including phenoxy) is 1. The molecule has 98 valence electrons. The summed E-state index contributed by atoms with van der Waals surface area (Å²) in [5.74, 6) is 0.217. The van der Waals surface area contributed by atoms with E-state index in [1.165, 1.54) is 18.2 Å². The minimum atomic E-state index is -0.518. The summed E-state index contributed by atoms with van der Waals surface area (Å²) < 4.78 is 5.36. The highest BCUT2D eigenvalue weighted by Crippen LogP contribution is 2.30. The summed E-state index contributed by atoms with van der Waals surface area (Å²) in [7, 11) is 0. The van der Waals surface area contributed by atoms with E-state index in [0.717, 1.165) is 0 Å². The van der Waals surface area contributed by atoms with Gasteiger partial charge in [-0.3, -0.25) is 10.1 Å². The number of benzene rings is 2. The average Bonchev–Trinajstić information content (AvgIpc) is 2.38. The summed E-state index contributed by atoms with van der Waals surface area (Å²) in [4.78, 5) is 10.4. The molecule has 2 rings (SSSR count). The van der Waals surface area contributed by atoms with Crippen molar-refractivity contribution in [2.45, 2.75) is 6.61 Å². The van der Waals surface area contributed by atoms with Crippen LogP contribution in [0.25, 0.3) is 0 Å². The second-order valence-corrected chi connectivity index (χ2v) is 4.16. The van der Waals surface area contributed by atoms with E-state index in [1.807, 2.05) is 0 Å². The maximum absolute atomic E-state index is 10.9. The highest BCUT2D eigenvalue weighted by Gasteiger charge is 2.17. The summed E-state index contributed by atoms with van der Waals surface area (Å²) in [6.07, 6.45) is 0. The molecule has 5 nitrogen and oxygen atoms in total. The number of nitrogens with zero attached hydrogens (tertiary/aromatic N) is 1. The first kappa shape index (κ1) is 13.2. The van der Waals surface area contributed by atoms with Crippen molar-refractivity contribution in [2.24, 2.45) is 0 Å². The van der Waals surface area contributed by atoms with Gasteiger partial charge in [-0.15, -0.1) is 0 Å². The molecule has 19 heavy (non-hydrogen) atoms. The molecule has 0 spiro atoms.